The summed E-state index contributed by atoms with van der Waals surface area (Å²) in [6, 6.07) is 0. The first kappa shape index (κ1) is 9.66. The second kappa shape index (κ2) is 5.43. The van der Waals surface area contributed by atoms with Crippen molar-refractivity contribution >= 4 is 56.4 Å². The molecule has 0 radical (unpaired) electrons. The SMILES string of the molecule is FB(F)F.[BaH2]. The summed E-state index contributed by atoms with van der Waals surface area (Å²) < 4.78 is 29.0. The standard InChI is InChI=1S/BF3.Ba.2H/c2-1(3)4;;;. The Kier molecular flexibility index (Phi) is 10.5. The molecule has 0 rings (SSSR count). The van der Waals surface area contributed by atoms with Crippen LogP contribution in [0.3, 0.4) is 0 Å². The van der Waals surface area contributed by atoms with E-state index in [9.17, 15) is 12.9 Å². The Bertz CT molecular complexity index is 11.6. The first-order chi connectivity index (χ1) is 1.73. The molecule has 0 aliphatic heterocycles. The molecule has 0 fully saturated rings. The summed E-state index contributed by atoms with van der Waals surface area (Å²) >= 11 is 0. The molecule has 0 amide bonds. The molecule has 28 valence electrons. The molecular weight excluding hydrogens is 205 g/mol. The van der Waals surface area contributed by atoms with Crippen molar-refractivity contribution in [2.75, 3.05) is 0 Å². The average molecular weight is 207 g/mol. The van der Waals surface area contributed by atoms with Gasteiger partial charge in [0.2, 0.25) is 0 Å². The topological polar surface area (TPSA) is 0 Å². The van der Waals surface area contributed by atoms with Gasteiger partial charge >= 0.3 is 56.4 Å². The summed E-state index contributed by atoms with van der Waals surface area (Å²) in [4.78, 5) is 0. The molecule has 5 heavy (non-hydrogen) atoms. The predicted molar refractivity (Wildman–Crippen MR) is 17.6 cm³/mol. The van der Waals surface area contributed by atoms with Crippen molar-refractivity contribution in [1.82, 2.24) is 0 Å². The van der Waals surface area contributed by atoms with Gasteiger partial charge in [-0.25, -0.2) is 0 Å². The summed E-state index contributed by atoms with van der Waals surface area (Å²) in [5, 5.41) is 0. The van der Waals surface area contributed by atoms with Gasteiger partial charge in [0.15, 0.2) is 0 Å². The molecule has 0 nitrogen and oxygen atoms in total. The van der Waals surface area contributed by atoms with E-state index in [-0.39, 0.29) is 48.9 Å². The van der Waals surface area contributed by atoms with Crippen LogP contribution in [-0.4, -0.2) is 56.4 Å². The predicted octanol–water partition coefficient (Wildman–Crippen LogP) is -0.0364. The van der Waals surface area contributed by atoms with E-state index in [4.69, 9.17) is 0 Å². The zero-order valence-corrected chi connectivity index (χ0v) is 1.71. The first-order valence-electron chi connectivity index (χ1n) is 0.655. The molecule has 0 N–H and O–H groups in total. The quantitative estimate of drug-likeness (QED) is 0.489. The fourth-order valence-electron chi connectivity index (χ4n) is 0. The van der Waals surface area contributed by atoms with Gasteiger partial charge in [-0.15, -0.1) is 0 Å². The minimum atomic E-state index is -3.67. The molecule has 5 heteroatoms. The number of hydrogen-bond acceptors (Lipinski definition) is 0. The molecule has 0 aromatic carbocycles. The zero-order chi connectivity index (χ0) is 3.58. The van der Waals surface area contributed by atoms with Crippen LogP contribution < -0.4 is 0 Å². The average Bonchev–Trinajstić information content (AvgIpc) is 0.811. The normalized spacial score (nSPS) is 5.40. The minimum absolute atomic E-state index is 0. The van der Waals surface area contributed by atoms with Crippen molar-refractivity contribution in [2.45, 2.75) is 0 Å². The Balaban J connectivity index is 0. The van der Waals surface area contributed by atoms with E-state index in [1.54, 1.807) is 0 Å². The fraction of sp³-hybridized carbons (Fsp3) is 0. The van der Waals surface area contributed by atoms with Gasteiger partial charge in [-0.3, -0.25) is 12.9 Å². The van der Waals surface area contributed by atoms with Gasteiger partial charge in [-0.1, -0.05) is 0 Å². The molecule has 0 saturated heterocycles. The zero-order valence-electron chi connectivity index (χ0n) is 1.71. The van der Waals surface area contributed by atoms with Gasteiger partial charge in [0.05, 0.1) is 0 Å². The molecule has 0 heterocycles. The molecule has 0 spiro atoms. The van der Waals surface area contributed by atoms with Crippen molar-refractivity contribution in [3.63, 3.8) is 0 Å². The third-order valence-corrected chi connectivity index (χ3v) is 0. The van der Waals surface area contributed by atoms with Crippen molar-refractivity contribution in [2.24, 2.45) is 0 Å². The van der Waals surface area contributed by atoms with Gasteiger partial charge in [-0.05, 0) is 0 Å². The van der Waals surface area contributed by atoms with Crippen molar-refractivity contribution in [3.05, 3.63) is 0 Å². The van der Waals surface area contributed by atoms with Crippen LogP contribution in [0, 0.1) is 0 Å². The molecule has 0 aromatic rings. The molecular formula is H2BBaF3. The van der Waals surface area contributed by atoms with Crippen LogP contribution in [0.4, 0.5) is 12.9 Å². The Labute approximate surface area is 68.4 Å². The van der Waals surface area contributed by atoms with E-state index < -0.39 is 7.54 Å². The Hall–Kier alpha value is 1.43. The molecule has 0 aromatic heterocycles. The monoisotopic (exact) mass is 208 g/mol. The Morgan fingerprint density at radius 1 is 1.00 bits per heavy atom. The molecule has 0 unspecified atom stereocenters. The summed E-state index contributed by atoms with van der Waals surface area (Å²) in [7, 11) is -3.67. The summed E-state index contributed by atoms with van der Waals surface area (Å²) in [6.45, 7) is 0. The Morgan fingerprint density at radius 2 is 1.00 bits per heavy atom. The van der Waals surface area contributed by atoms with Gasteiger partial charge in [0, 0.05) is 0 Å². The van der Waals surface area contributed by atoms with Crippen LogP contribution in [0.25, 0.3) is 0 Å². The Morgan fingerprint density at radius 3 is 1.00 bits per heavy atom. The van der Waals surface area contributed by atoms with Crippen LogP contribution in [0.2, 0.25) is 0 Å². The molecule has 0 saturated carbocycles. The van der Waals surface area contributed by atoms with Gasteiger partial charge in [-0.2, -0.15) is 0 Å². The van der Waals surface area contributed by atoms with Crippen LogP contribution in [0.1, 0.15) is 0 Å². The number of hydrogen-bond donors (Lipinski definition) is 0. The van der Waals surface area contributed by atoms with E-state index in [2.05, 4.69) is 0 Å². The van der Waals surface area contributed by atoms with Gasteiger partial charge in [0.1, 0.15) is 0 Å². The van der Waals surface area contributed by atoms with Crippen LogP contribution in [0.15, 0.2) is 0 Å². The van der Waals surface area contributed by atoms with Crippen LogP contribution in [-0.2, 0) is 0 Å². The third-order valence-electron chi connectivity index (χ3n) is 0. The summed E-state index contributed by atoms with van der Waals surface area (Å²) in [5.74, 6) is 0. The van der Waals surface area contributed by atoms with Crippen molar-refractivity contribution in [3.8, 4) is 0 Å². The molecule has 0 aliphatic carbocycles. The maximum atomic E-state index is 9.67. The van der Waals surface area contributed by atoms with Gasteiger partial charge in [0.25, 0.3) is 0 Å². The molecule has 0 atom stereocenters. The second-order valence-corrected chi connectivity index (χ2v) is 0.247. The van der Waals surface area contributed by atoms with E-state index in [1.165, 1.54) is 0 Å². The second-order valence-electron chi connectivity index (χ2n) is 0.247. The maximum absolute atomic E-state index is 9.67. The van der Waals surface area contributed by atoms with Crippen LogP contribution >= 0.6 is 0 Å². The summed E-state index contributed by atoms with van der Waals surface area (Å²) in [5.41, 5.74) is 0. The molecule has 0 bridgehead atoms. The molecule has 0 aliphatic rings. The number of rotatable bonds is 0. The van der Waals surface area contributed by atoms with E-state index in [1.807, 2.05) is 0 Å². The van der Waals surface area contributed by atoms with Crippen molar-refractivity contribution < 1.29 is 12.9 Å². The third kappa shape index (κ3) is 31.3. The first-order valence-corrected chi connectivity index (χ1v) is 0.655. The summed E-state index contributed by atoms with van der Waals surface area (Å²) in [6.07, 6.45) is 0. The fourth-order valence-corrected chi connectivity index (χ4v) is 0. The van der Waals surface area contributed by atoms with Crippen LogP contribution in [0.5, 0.6) is 0 Å². The van der Waals surface area contributed by atoms with E-state index in [0.29, 0.717) is 0 Å². The van der Waals surface area contributed by atoms with E-state index >= 15 is 0 Å². The number of halogens is 3. The van der Waals surface area contributed by atoms with Gasteiger partial charge < -0.3 is 0 Å². The van der Waals surface area contributed by atoms with E-state index in [0.717, 1.165) is 0 Å². The van der Waals surface area contributed by atoms with Crippen molar-refractivity contribution in [1.29, 1.82) is 0 Å².